The third kappa shape index (κ3) is 3.74. The van der Waals surface area contributed by atoms with Crippen LogP contribution in [0.2, 0.25) is 0 Å². The largest absolute Gasteiger partial charge is 0.489 e. The Morgan fingerprint density at radius 2 is 1.81 bits per heavy atom. The molecule has 2 aromatic carbocycles. The Bertz CT molecular complexity index is 815. The Labute approximate surface area is 151 Å². The number of nitrogens with one attached hydrogen (secondary N) is 1. The van der Waals surface area contributed by atoms with Gasteiger partial charge in [-0.05, 0) is 18.2 Å². The van der Waals surface area contributed by atoms with Gasteiger partial charge in [-0.2, -0.15) is 0 Å². The number of amides is 2. The molecule has 0 bridgehead atoms. The molecule has 2 amide bonds. The highest BCUT2D eigenvalue weighted by molar-refractivity contribution is 6.08. The van der Waals surface area contributed by atoms with E-state index in [1.54, 1.807) is 24.3 Å². The van der Waals surface area contributed by atoms with Crippen LogP contribution in [0.5, 0.6) is 5.75 Å². The zero-order valence-electron chi connectivity index (χ0n) is 14.2. The van der Waals surface area contributed by atoms with Gasteiger partial charge in [0.1, 0.15) is 6.61 Å². The number of carbonyl (C=O) groups is 2. The average Bonchev–Trinajstić information content (AvgIpc) is 2.89. The number of ether oxygens (including phenoxy) is 1. The molecule has 3 rings (SSSR count). The molecule has 134 valence electrons. The minimum absolute atomic E-state index is 0.138. The van der Waals surface area contributed by atoms with Gasteiger partial charge in [0.15, 0.2) is 11.6 Å². The monoisotopic (exact) mass is 354 g/mol. The van der Waals surface area contributed by atoms with E-state index < -0.39 is 5.82 Å². The first kappa shape index (κ1) is 17.7. The number of rotatable bonds is 7. The molecule has 1 aliphatic rings. The van der Waals surface area contributed by atoms with Gasteiger partial charge in [0.05, 0.1) is 6.54 Å². The first-order valence-electron chi connectivity index (χ1n) is 8.32. The summed E-state index contributed by atoms with van der Waals surface area (Å²) in [6.07, 6.45) is 0.151. The van der Waals surface area contributed by atoms with Crippen molar-refractivity contribution >= 4 is 17.5 Å². The Morgan fingerprint density at radius 1 is 1.12 bits per heavy atom. The molecule has 1 heterocycles. The maximum Gasteiger partial charge on any atom is 0.258 e. The van der Waals surface area contributed by atoms with E-state index in [2.05, 4.69) is 11.9 Å². The highest BCUT2D eigenvalue weighted by atomic mass is 19.1. The number of nitrogens with zero attached hydrogens (tertiary/aromatic N) is 1. The van der Waals surface area contributed by atoms with E-state index in [4.69, 9.17) is 4.74 Å². The van der Waals surface area contributed by atoms with Crippen LogP contribution < -0.4 is 10.1 Å². The maximum atomic E-state index is 13.4. The molecule has 1 aliphatic heterocycles. The quantitative estimate of drug-likeness (QED) is 0.778. The van der Waals surface area contributed by atoms with Crippen LogP contribution in [0.15, 0.2) is 55.1 Å². The predicted octanol–water partition coefficient (Wildman–Crippen LogP) is 2.84. The second kappa shape index (κ2) is 7.82. The van der Waals surface area contributed by atoms with Gasteiger partial charge in [-0.25, -0.2) is 4.39 Å². The number of halogens is 1. The maximum absolute atomic E-state index is 13.4. The standard InChI is InChI=1S/C20H19FN2O3/c1-14-15-6-2-3-7-16(15)20(25)23(14)12-10-19(24)22-11-13-26-18-9-5-4-8-17(18)21/h2-9H,1,10-13H2,(H,22,24). The molecule has 1 N–H and O–H groups in total. The molecule has 0 fully saturated rings. The lowest BCUT2D eigenvalue weighted by atomic mass is 10.1. The molecule has 0 aromatic heterocycles. The van der Waals surface area contributed by atoms with E-state index in [0.29, 0.717) is 11.3 Å². The molecular formula is C20H19FN2O3. The van der Waals surface area contributed by atoms with Crippen molar-refractivity contribution < 1.29 is 18.7 Å². The first-order chi connectivity index (χ1) is 12.6. The molecular weight excluding hydrogens is 335 g/mol. The predicted molar refractivity (Wildman–Crippen MR) is 96.0 cm³/mol. The Morgan fingerprint density at radius 3 is 2.54 bits per heavy atom. The highest BCUT2D eigenvalue weighted by Crippen LogP contribution is 2.30. The summed E-state index contributed by atoms with van der Waals surface area (Å²) in [6, 6.07) is 13.3. The van der Waals surface area contributed by atoms with Crippen LogP contribution in [0.25, 0.3) is 5.70 Å². The first-order valence-corrected chi connectivity index (χ1v) is 8.32. The number of para-hydroxylation sites is 1. The van der Waals surface area contributed by atoms with Crippen molar-refractivity contribution in [2.24, 2.45) is 0 Å². The van der Waals surface area contributed by atoms with Gasteiger partial charge in [-0.15, -0.1) is 0 Å². The van der Waals surface area contributed by atoms with Crippen molar-refractivity contribution in [2.75, 3.05) is 19.7 Å². The van der Waals surface area contributed by atoms with Gasteiger partial charge in [-0.1, -0.05) is 36.9 Å². The smallest absolute Gasteiger partial charge is 0.258 e. The van der Waals surface area contributed by atoms with Gasteiger partial charge >= 0.3 is 0 Å². The Kier molecular flexibility index (Phi) is 5.31. The van der Waals surface area contributed by atoms with Crippen LogP contribution in [0.1, 0.15) is 22.3 Å². The summed E-state index contributed by atoms with van der Waals surface area (Å²) in [5.41, 5.74) is 2.02. The van der Waals surface area contributed by atoms with Crippen molar-refractivity contribution in [1.82, 2.24) is 10.2 Å². The van der Waals surface area contributed by atoms with Crippen molar-refractivity contribution in [3.05, 3.63) is 72.1 Å². The molecule has 2 aromatic rings. The van der Waals surface area contributed by atoms with E-state index in [0.717, 1.165) is 5.56 Å². The Balaban J connectivity index is 1.42. The van der Waals surface area contributed by atoms with Crippen LogP contribution in [-0.4, -0.2) is 36.4 Å². The zero-order chi connectivity index (χ0) is 18.5. The molecule has 0 saturated heterocycles. The third-order valence-corrected chi connectivity index (χ3v) is 4.12. The summed E-state index contributed by atoms with van der Waals surface area (Å²) >= 11 is 0. The van der Waals surface area contributed by atoms with Crippen LogP contribution in [0.3, 0.4) is 0 Å². The molecule has 0 saturated carbocycles. The Hall–Kier alpha value is -3.15. The fourth-order valence-corrected chi connectivity index (χ4v) is 2.79. The van der Waals surface area contributed by atoms with E-state index in [1.807, 2.05) is 12.1 Å². The summed E-state index contributed by atoms with van der Waals surface area (Å²) in [5.74, 6) is -0.636. The minimum atomic E-state index is -0.440. The highest BCUT2D eigenvalue weighted by Gasteiger charge is 2.30. The van der Waals surface area contributed by atoms with Gasteiger partial charge in [0.2, 0.25) is 5.91 Å². The van der Waals surface area contributed by atoms with E-state index in [1.165, 1.54) is 17.0 Å². The molecule has 6 heteroatoms. The van der Waals surface area contributed by atoms with Crippen LogP contribution in [0.4, 0.5) is 4.39 Å². The van der Waals surface area contributed by atoms with Crippen LogP contribution >= 0.6 is 0 Å². The lowest BCUT2D eigenvalue weighted by molar-refractivity contribution is -0.121. The summed E-state index contributed by atoms with van der Waals surface area (Å²) in [7, 11) is 0. The molecule has 5 nitrogen and oxygen atoms in total. The lowest BCUT2D eigenvalue weighted by Gasteiger charge is -2.17. The number of hydrogen-bond acceptors (Lipinski definition) is 3. The molecule has 0 unspecified atom stereocenters. The average molecular weight is 354 g/mol. The zero-order valence-corrected chi connectivity index (χ0v) is 14.2. The van der Waals surface area contributed by atoms with Gasteiger partial charge < -0.3 is 15.0 Å². The van der Waals surface area contributed by atoms with Crippen molar-refractivity contribution in [3.63, 3.8) is 0 Å². The lowest BCUT2D eigenvalue weighted by Crippen LogP contribution is -2.32. The van der Waals surface area contributed by atoms with Crippen molar-refractivity contribution in [1.29, 1.82) is 0 Å². The SMILES string of the molecule is C=C1c2ccccc2C(=O)N1CCC(=O)NCCOc1ccccc1F. The minimum Gasteiger partial charge on any atom is -0.489 e. The number of carbonyl (C=O) groups excluding carboxylic acids is 2. The van der Waals surface area contributed by atoms with Gasteiger partial charge in [0.25, 0.3) is 5.91 Å². The van der Waals surface area contributed by atoms with E-state index in [-0.39, 0.29) is 43.7 Å². The molecule has 0 radical (unpaired) electrons. The molecule has 0 spiro atoms. The van der Waals surface area contributed by atoms with Crippen LogP contribution in [-0.2, 0) is 4.79 Å². The number of hydrogen-bond donors (Lipinski definition) is 1. The summed E-state index contributed by atoms with van der Waals surface area (Å²) in [4.78, 5) is 25.8. The molecule has 26 heavy (non-hydrogen) atoms. The summed E-state index contributed by atoms with van der Waals surface area (Å²) in [6.45, 7) is 4.61. The van der Waals surface area contributed by atoms with Gasteiger partial charge in [-0.3, -0.25) is 9.59 Å². The van der Waals surface area contributed by atoms with Crippen molar-refractivity contribution in [2.45, 2.75) is 6.42 Å². The number of fused-ring (bicyclic) bond motifs is 1. The fourth-order valence-electron chi connectivity index (χ4n) is 2.79. The van der Waals surface area contributed by atoms with E-state index >= 15 is 0 Å². The van der Waals surface area contributed by atoms with Gasteiger partial charge in [0, 0.05) is 29.8 Å². The normalized spacial score (nSPS) is 12.9. The number of benzene rings is 2. The van der Waals surface area contributed by atoms with E-state index in [9.17, 15) is 14.0 Å². The third-order valence-electron chi connectivity index (χ3n) is 4.12. The topological polar surface area (TPSA) is 58.6 Å². The summed E-state index contributed by atoms with van der Waals surface area (Å²) in [5, 5.41) is 2.69. The fraction of sp³-hybridized carbons (Fsp3) is 0.200. The summed E-state index contributed by atoms with van der Waals surface area (Å²) < 4.78 is 18.7. The second-order valence-corrected chi connectivity index (χ2v) is 5.83. The molecule has 0 aliphatic carbocycles. The van der Waals surface area contributed by atoms with Crippen molar-refractivity contribution in [3.8, 4) is 5.75 Å². The second-order valence-electron chi connectivity index (χ2n) is 5.83. The molecule has 0 atom stereocenters. The van der Waals surface area contributed by atoms with Crippen LogP contribution in [0, 0.1) is 5.82 Å².